The first-order valence-electron chi connectivity index (χ1n) is 7.53. The number of carbonyl (C=O) groups excluding carboxylic acids is 1. The Morgan fingerprint density at radius 3 is 2.83 bits per heavy atom. The zero-order valence-corrected chi connectivity index (χ0v) is 14.9. The second-order valence-electron chi connectivity index (χ2n) is 5.19. The summed E-state index contributed by atoms with van der Waals surface area (Å²) in [6, 6.07) is 12.1. The number of carbonyl (C=O) groups is 1. The minimum atomic E-state index is -0.240. The highest BCUT2D eigenvalue weighted by Gasteiger charge is 2.05. The van der Waals surface area contributed by atoms with Crippen molar-refractivity contribution in [1.29, 1.82) is 0 Å². The number of ether oxygens (including phenoxy) is 1. The van der Waals surface area contributed by atoms with Gasteiger partial charge >= 0.3 is 0 Å². The number of rotatable bonds is 8. The maximum Gasteiger partial charge on any atom is 0.230 e. The molecule has 1 N–H and O–H groups in total. The van der Waals surface area contributed by atoms with Gasteiger partial charge in [0.15, 0.2) is 0 Å². The van der Waals surface area contributed by atoms with Crippen LogP contribution in [0.15, 0.2) is 42.5 Å². The quantitative estimate of drug-likeness (QED) is 0.710. The van der Waals surface area contributed by atoms with Crippen molar-refractivity contribution >= 4 is 29.3 Å². The average molecular weight is 368 g/mol. The van der Waals surface area contributed by atoms with Gasteiger partial charge in [-0.3, -0.25) is 4.79 Å². The number of amides is 1. The lowest BCUT2D eigenvalue weighted by molar-refractivity contribution is -0.118. The van der Waals surface area contributed by atoms with Crippen molar-refractivity contribution in [2.24, 2.45) is 0 Å². The van der Waals surface area contributed by atoms with E-state index in [0.717, 1.165) is 5.56 Å². The molecule has 2 aromatic carbocycles. The number of hydrogen-bond donors (Lipinski definition) is 1. The Labute approximate surface area is 150 Å². The van der Waals surface area contributed by atoms with Gasteiger partial charge in [0, 0.05) is 10.8 Å². The van der Waals surface area contributed by atoms with Crippen molar-refractivity contribution in [3.63, 3.8) is 0 Å². The number of nitrogens with one attached hydrogen (secondary N) is 1. The van der Waals surface area contributed by atoms with Crippen molar-refractivity contribution in [3.05, 3.63) is 64.4 Å². The van der Waals surface area contributed by atoms with Crippen LogP contribution in [0.25, 0.3) is 0 Å². The Balaban J connectivity index is 1.61. The number of halogens is 2. The maximum absolute atomic E-state index is 13.4. The first-order valence-corrected chi connectivity index (χ1v) is 9.06. The monoisotopic (exact) mass is 367 g/mol. The van der Waals surface area contributed by atoms with Crippen LogP contribution in [0.3, 0.4) is 0 Å². The molecule has 128 valence electrons. The van der Waals surface area contributed by atoms with Crippen molar-refractivity contribution in [2.45, 2.75) is 12.7 Å². The summed E-state index contributed by atoms with van der Waals surface area (Å²) in [5.74, 6) is 1.09. The Hall–Kier alpha value is -1.72. The Morgan fingerprint density at radius 2 is 2.08 bits per heavy atom. The van der Waals surface area contributed by atoms with Gasteiger partial charge in [0.1, 0.15) is 18.2 Å². The zero-order chi connectivity index (χ0) is 17.4. The summed E-state index contributed by atoms with van der Waals surface area (Å²) in [5, 5.41) is 3.42. The summed E-state index contributed by atoms with van der Waals surface area (Å²) in [6.07, 6.45) is 0. The van der Waals surface area contributed by atoms with E-state index in [1.165, 1.54) is 17.8 Å². The molecule has 0 heterocycles. The van der Waals surface area contributed by atoms with Crippen molar-refractivity contribution in [1.82, 2.24) is 5.32 Å². The SMILES string of the molecule is Cc1ccc(OCCNC(=O)CSCc2ccccc2F)cc1Cl. The highest BCUT2D eigenvalue weighted by molar-refractivity contribution is 7.99. The second kappa shape index (κ2) is 9.55. The minimum absolute atomic E-state index is 0.0955. The molecule has 1 amide bonds. The van der Waals surface area contributed by atoms with Gasteiger partial charge in [-0.1, -0.05) is 35.9 Å². The number of hydrogen-bond acceptors (Lipinski definition) is 3. The van der Waals surface area contributed by atoms with E-state index in [2.05, 4.69) is 5.32 Å². The molecule has 0 aliphatic rings. The average Bonchev–Trinajstić information content (AvgIpc) is 2.56. The molecular weight excluding hydrogens is 349 g/mol. The normalized spacial score (nSPS) is 10.5. The molecule has 2 rings (SSSR count). The summed E-state index contributed by atoms with van der Waals surface area (Å²) in [4.78, 5) is 11.7. The van der Waals surface area contributed by atoms with Gasteiger partial charge in [-0.2, -0.15) is 0 Å². The molecular formula is C18H19ClFNO2S. The van der Waals surface area contributed by atoms with Crippen LogP contribution < -0.4 is 10.1 Å². The van der Waals surface area contributed by atoms with Gasteiger partial charge in [0.25, 0.3) is 0 Å². The molecule has 6 heteroatoms. The van der Waals surface area contributed by atoms with Crippen LogP contribution in [0.2, 0.25) is 5.02 Å². The van der Waals surface area contributed by atoms with E-state index in [-0.39, 0.29) is 17.5 Å². The van der Waals surface area contributed by atoms with E-state index in [1.54, 1.807) is 24.3 Å². The molecule has 0 atom stereocenters. The highest BCUT2D eigenvalue weighted by atomic mass is 35.5. The summed E-state index contributed by atoms with van der Waals surface area (Å²) >= 11 is 7.39. The number of aryl methyl sites for hydroxylation is 1. The van der Waals surface area contributed by atoms with Gasteiger partial charge in [0.05, 0.1) is 12.3 Å². The van der Waals surface area contributed by atoms with Crippen molar-refractivity contribution < 1.29 is 13.9 Å². The predicted molar refractivity (Wildman–Crippen MR) is 97.3 cm³/mol. The topological polar surface area (TPSA) is 38.3 Å². The van der Waals surface area contributed by atoms with Crippen LogP contribution in [0, 0.1) is 12.7 Å². The third-order valence-corrected chi connectivity index (χ3v) is 4.67. The minimum Gasteiger partial charge on any atom is -0.492 e. The standard InChI is InChI=1S/C18H19ClFNO2S/c1-13-6-7-15(10-16(13)19)23-9-8-21-18(22)12-24-11-14-4-2-3-5-17(14)20/h2-7,10H,8-9,11-12H2,1H3,(H,21,22). The Bertz CT molecular complexity index is 696. The van der Waals surface area contributed by atoms with E-state index in [9.17, 15) is 9.18 Å². The summed E-state index contributed by atoms with van der Waals surface area (Å²) in [6.45, 7) is 2.69. The second-order valence-corrected chi connectivity index (χ2v) is 6.59. The third-order valence-electron chi connectivity index (χ3n) is 3.28. The third kappa shape index (κ3) is 6.06. The molecule has 2 aromatic rings. The largest absolute Gasteiger partial charge is 0.492 e. The lowest BCUT2D eigenvalue weighted by Gasteiger charge is -2.09. The van der Waals surface area contributed by atoms with Gasteiger partial charge in [-0.05, 0) is 36.2 Å². The molecule has 0 aliphatic heterocycles. The Kier molecular flexibility index (Phi) is 7.40. The lowest BCUT2D eigenvalue weighted by atomic mass is 10.2. The first-order chi connectivity index (χ1) is 11.6. The van der Waals surface area contributed by atoms with Gasteiger partial charge in [-0.15, -0.1) is 11.8 Å². The molecule has 0 spiro atoms. The molecule has 0 aliphatic carbocycles. The molecule has 0 saturated heterocycles. The zero-order valence-electron chi connectivity index (χ0n) is 13.4. The summed E-state index contributed by atoms with van der Waals surface area (Å²) in [7, 11) is 0. The van der Waals surface area contributed by atoms with Crippen molar-refractivity contribution in [3.8, 4) is 5.75 Å². The van der Waals surface area contributed by atoms with Crippen LogP contribution >= 0.6 is 23.4 Å². The fraction of sp³-hybridized carbons (Fsp3) is 0.278. The van der Waals surface area contributed by atoms with Gasteiger partial charge in [0.2, 0.25) is 5.91 Å². The van der Waals surface area contributed by atoms with E-state index in [4.69, 9.17) is 16.3 Å². The number of benzene rings is 2. The predicted octanol–water partition coefficient (Wildman–Crippen LogP) is 4.22. The van der Waals surface area contributed by atoms with E-state index >= 15 is 0 Å². The summed E-state index contributed by atoms with van der Waals surface area (Å²) in [5.41, 5.74) is 1.60. The molecule has 0 unspecified atom stereocenters. The first kappa shape index (κ1) is 18.6. The van der Waals surface area contributed by atoms with Gasteiger partial charge < -0.3 is 10.1 Å². The fourth-order valence-electron chi connectivity index (χ4n) is 1.94. The molecule has 24 heavy (non-hydrogen) atoms. The van der Waals surface area contributed by atoms with Crippen LogP contribution in [0.4, 0.5) is 4.39 Å². The van der Waals surface area contributed by atoms with E-state index in [0.29, 0.717) is 35.2 Å². The van der Waals surface area contributed by atoms with Crippen LogP contribution in [-0.4, -0.2) is 24.8 Å². The number of thioether (sulfide) groups is 1. The van der Waals surface area contributed by atoms with E-state index in [1.807, 2.05) is 19.1 Å². The van der Waals surface area contributed by atoms with Crippen molar-refractivity contribution in [2.75, 3.05) is 18.9 Å². The molecule has 0 radical (unpaired) electrons. The maximum atomic E-state index is 13.4. The smallest absolute Gasteiger partial charge is 0.230 e. The lowest BCUT2D eigenvalue weighted by Crippen LogP contribution is -2.29. The molecule has 3 nitrogen and oxygen atoms in total. The Morgan fingerprint density at radius 1 is 1.29 bits per heavy atom. The summed E-state index contributed by atoms with van der Waals surface area (Å²) < 4.78 is 19.0. The molecule has 0 bridgehead atoms. The fourth-order valence-corrected chi connectivity index (χ4v) is 2.96. The highest BCUT2D eigenvalue weighted by Crippen LogP contribution is 2.21. The van der Waals surface area contributed by atoms with Crippen LogP contribution in [-0.2, 0) is 10.5 Å². The molecule has 0 fully saturated rings. The molecule has 0 saturated carbocycles. The van der Waals surface area contributed by atoms with Crippen LogP contribution in [0.5, 0.6) is 5.75 Å². The van der Waals surface area contributed by atoms with Crippen LogP contribution in [0.1, 0.15) is 11.1 Å². The van der Waals surface area contributed by atoms with Gasteiger partial charge in [-0.25, -0.2) is 4.39 Å². The molecule has 0 aromatic heterocycles. The van der Waals surface area contributed by atoms with E-state index < -0.39 is 0 Å².